The van der Waals surface area contributed by atoms with E-state index in [1.165, 1.54) is 9.80 Å². The molecule has 1 aliphatic heterocycles. The highest BCUT2D eigenvalue weighted by Gasteiger charge is 2.42. The largest absolute Gasteiger partial charge is 0.481 e. The van der Waals surface area contributed by atoms with E-state index in [2.05, 4.69) is 10.6 Å². The van der Waals surface area contributed by atoms with Gasteiger partial charge in [-0.3, -0.25) is 19.4 Å². The monoisotopic (exact) mass is 544 g/mol. The number of carboxylic acid groups (broad SMARTS) is 1. The third kappa shape index (κ3) is 7.16. The molecule has 0 aliphatic carbocycles. The first-order chi connectivity index (χ1) is 19.2. The van der Waals surface area contributed by atoms with Crippen LogP contribution in [0.3, 0.4) is 0 Å². The van der Waals surface area contributed by atoms with Crippen molar-refractivity contribution in [2.24, 2.45) is 0 Å². The number of carbonyl (C=O) groups excluding carboxylic acids is 3. The number of para-hydroxylation sites is 1. The number of nitrogens with one attached hydrogen (secondary N) is 2. The highest BCUT2D eigenvalue weighted by Crippen LogP contribution is 2.23. The van der Waals surface area contributed by atoms with E-state index in [9.17, 15) is 24.3 Å². The quantitative estimate of drug-likeness (QED) is 0.396. The molecular formula is C30H32N4O6. The first-order valence-electron chi connectivity index (χ1n) is 13.0. The summed E-state index contributed by atoms with van der Waals surface area (Å²) in [6.45, 7) is 4.11. The normalized spacial score (nSPS) is 15.6. The summed E-state index contributed by atoms with van der Waals surface area (Å²) >= 11 is 0. The Morgan fingerprint density at radius 2 is 1.57 bits per heavy atom. The van der Waals surface area contributed by atoms with Crippen LogP contribution >= 0.6 is 0 Å². The van der Waals surface area contributed by atoms with E-state index in [0.717, 1.165) is 11.1 Å². The van der Waals surface area contributed by atoms with Gasteiger partial charge in [-0.25, -0.2) is 9.59 Å². The van der Waals surface area contributed by atoms with E-state index in [1.54, 1.807) is 66.7 Å². The molecule has 3 aromatic carbocycles. The third-order valence-corrected chi connectivity index (χ3v) is 6.48. The lowest BCUT2D eigenvalue weighted by Crippen LogP contribution is -2.64. The van der Waals surface area contributed by atoms with Gasteiger partial charge in [0.25, 0.3) is 5.91 Å². The fraction of sp³-hybridized carbons (Fsp3) is 0.267. The van der Waals surface area contributed by atoms with Crippen LogP contribution in [0, 0.1) is 13.8 Å². The van der Waals surface area contributed by atoms with Gasteiger partial charge in [-0.15, -0.1) is 0 Å². The summed E-state index contributed by atoms with van der Waals surface area (Å²) in [5, 5.41) is 15.1. The number of hydrogen-bond donors (Lipinski definition) is 3. The van der Waals surface area contributed by atoms with Gasteiger partial charge in [-0.05, 0) is 55.7 Å². The Morgan fingerprint density at radius 1 is 0.900 bits per heavy atom. The lowest BCUT2D eigenvalue weighted by molar-refractivity contribution is -0.138. The number of anilines is 1. The van der Waals surface area contributed by atoms with Crippen LogP contribution in [0.15, 0.2) is 78.9 Å². The van der Waals surface area contributed by atoms with Crippen molar-refractivity contribution in [3.8, 4) is 5.75 Å². The fourth-order valence-electron chi connectivity index (χ4n) is 4.64. The second kappa shape index (κ2) is 12.8. The van der Waals surface area contributed by atoms with Crippen molar-refractivity contribution < 1.29 is 29.0 Å². The lowest BCUT2D eigenvalue weighted by Gasteiger charge is -2.42. The van der Waals surface area contributed by atoms with Crippen LogP contribution in [0.4, 0.5) is 15.3 Å². The molecule has 0 spiro atoms. The Hall–Kier alpha value is -4.86. The Bertz CT molecular complexity index is 1380. The zero-order valence-electron chi connectivity index (χ0n) is 22.4. The van der Waals surface area contributed by atoms with Gasteiger partial charge in [0.2, 0.25) is 0 Å². The van der Waals surface area contributed by atoms with Crippen molar-refractivity contribution in [3.05, 3.63) is 95.6 Å². The number of urea groups is 1. The second-order valence-electron chi connectivity index (χ2n) is 9.67. The van der Waals surface area contributed by atoms with Crippen LogP contribution in [0.5, 0.6) is 5.75 Å². The highest BCUT2D eigenvalue weighted by atomic mass is 16.6. The first kappa shape index (κ1) is 28.2. The fourth-order valence-corrected chi connectivity index (χ4v) is 4.64. The van der Waals surface area contributed by atoms with Crippen LogP contribution < -0.4 is 15.4 Å². The maximum Gasteiger partial charge on any atom is 0.417 e. The Balaban J connectivity index is 1.64. The average Bonchev–Trinajstić information content (AvgIpc) is 2.92. The van der Waals surface area contributed by atoms with Crippen molar-refractivity contribution in [2.45, 2.75) is 38.9 Å². The number of carboxylic acids is 1. The number of benzene rings is 3. The van der Waals surface area contributed by atoms with E-state index < -0.39 is 36.2 Å². The Labute approximate surface area is 232 Å². The van der Waals surface area contributed by atoms with Crippen LogP contribution in [0.2, 0.25) is 0 Å². The van der Waals surface area contributed by atoms with Crippen molar-refractivity contribution >= 4 is 29.7 Å². The van der Waals surface area contributed by atoms with Crippen molar-refractivity contribution in [1.82, 2.24) is 15.1 Å². The molecule has 10 heteroatoms. The van der Waals surface area contributed by atoms with Gasteiger partial charge in [0.1, 0.15) is 5.75 Å². The Morgan fingerprint density at radius 3 is 2.25 bits per heavy atom. The number of rotatable bonds is 7. The van der Waals surface area contributed by atoms with Gasteiger partial charge in [0, 0.05) is 18.8 Å². The number of carbonyl (C=O) groups is 4. The molecule has 3 N–H and O–H groups in total. The standard InChI is InChI=1S/C30H32N4O6/c1-20-9-6-11-22(17-20)25(19-26(35)36)32-27(37)28-33(29(38)31-23-12-7-10-21(2)18-23)15-8-16-34(28)30(39)40-24-13-4-3-5-14-24/h3-7,9-14,17-18,25,28H,8,15-16,19H2,1-2H3,(H,31,38)(H,32,37)(H,35,36). The van der Waals surface area contributed by atoms with Gasteiger partial charge in [-0.1, -0.05) is 60.2 Å². The molecule has 208 valence electrons. The summed E-state index contributed by atoms with van der Waals surface area (Å²) in [6, 6.07) is 21.3. The van der Waals surface area contributed by atoms with Crippen LogP contribution in [0.25, 0.3) is 0 Å². The summed E-state index contributed by atoms with van der Waals surface area (Å²) in [5.41, 5.74) is 2.97. The molecule has 4 rings (SSSR count). The molecule has 3 aromatic rings. The summed E-state index contributed by atoms with van der Waals surface area (Å²) in [5.74, 6) is -1.52. The van der Waals surface area contributed by atoms with Crippen LogP contribution in [-0.4, -0.2) is 58.2 Å². The minimum Gasteiger partial charge on any atom is -0.481 e. The topological polar surface area (TPSA) is 128 Å². The number of ether oxygens (including phenoxy) is 1. The molecule has 0 aromatic heterocycles. The van der Waals surface area contributed by atoms with E-state index >= 15 is 0 Å². The molecule has 0 radical (unpaired) electrons. The van der Waals surface area contributed by atoms with Crippen LogP contribution in [0.1, 0.15) is 35.6 Å². The van der Waals surface area contributed by atoms with Crippen LogP contribution in [-0.2, 0) is 9.59 Å². The maximum atomic E-state index is 13.9. The third-order valence-electron chi connectivity index (χ3n) is 6.48. The molecule has 2 unspecified atom stereocenters. The summed E-state index contributed by atoms with van der Waals surface area (Å²) in [6.07, 6.45) is -2.15. The molecular weight excluding hydrogens is 512 g/mol. The maximum absolute atomic E-state index is 13.9. The Kier molecular flexibility index (Phi) is 9.00. The summed E-state index contributed by atoms with van der Waals surface area (Å²) in [7, 11) is 0. The minimum absolute atomic E-state index is 0.159. The zero-order valence-corrected chi connectivity index (χ0v) is 22.4. The smallest absolute Gasteiger partial charge is 0.417 e. The van der Waals surface area contributed by atoms with E-state index in [1.807, 2.05) is 26.0 Å². The summed E-state index contributed by atoms with van der Waals surface area (Å²) < 4.78 is 5.52. The van der Waals surface area contributed by atoms with Gasteiger partial charge < -0.3 is 20.5 Å². The lowest BCUT2D eigenvalue weighted by atomic mass is 10.0. The number of nitrogens with zero attached hydrogens (tertiary/aromatic N) is 2. The van der Waals surface area contributed by atoms with E-state index in [0.29, 0.717) is 17.7 Å². The molecule has 1 heterocycles. The molecule has 2 atom stereocenters. The highest BCUT2D eigenvalue weighted by molar-refractivity contribution is 5.95. The molecule has 4 amide bonds. The zero-order chi connectivity index (χ0) is 28.6. The molecule has 0 bridgehead atoms. The van der Waals surface area contributed by atoms with Gasteiger partial charge in [0.15, 0.2) is 6.17 Å². The number of hydrogen-bond acceptors (Lipinski definition) is 5. The van der Waals surface area contributed by atoms with E-state index in [-0.39, 0.29) is 25.3 Å². The number of amides is 4. The minimum atomic E-state index is -1.38. The molecule has 10 nitrogen and oxygen atoms in total. The number of aryl methyl sites for hydroxylation is 2. The predicted octanol–water partition coefficient (Wildman–Crippen LogP) is 4.70. The first-order valence-corrected chi connectivity index (χ1v) is 13.0. The molecule has 1 fully saturated rings. The summed E-state index contributed by atoms with van der Waals surface area (Å²) in [4.78, 5) is 54.8. The molecule has 1 aliphatic rings. The van der Waals surface area contributed by atoms with Gasteiger partial charge >= 0.3 is 18.1 Å². The van der Waals surface area contributed by atoms with Crippen molar-refractivity contribution in [2.75, 3.05) is 18.4 Å². The van der Waals surface area contributed by atoms with Gasteiger partial charge in [0.05, 0.1) is 12.5 Å². The van der Waals surface area contributed by atoms with Crippen molar-refractivity contribution in [3.63, 3.8) is 0 Å². The van der Waals surface area contributed by atoms with Gasteiger partial charge in [-0.2, -0.15) is 0 Å². The van der Waals surface area contributed by atoms with Crippen molar-refractivity contribution in [1.29, 1.82) is 0 Å². The number of aliphatic carboxylic acids is 1. The average molecular weight is 545 g/mol. The predicted molar refractivity (Wildman–Crippen MR) is 149 cm³/mol. The molecule has 0 saturated carbocycles. The van der Waals surface area contributed by atoms with E-state index in [4.69, 9.17) is 4.74 Å². The SMILES string of the molecule is Cc1cccc(NC(=O)N2CCCN(C(=O)Oc3ccccc3)C2C(=O)NC(CC(=O)O)c2cccc(C)c2)c1. The second-order valence-corrected chi connectivity index (χ2v) is 9.67. The molecule has 1 saturated heterocycles. The molecule has 40 heavy (non-hydrogen) atoms.